The van der Waals surface area contributed by atoms with Gasteiger partial charge in [-0.3, -0.25) is 4.79 Å². The van der Waals surface area contributed by atoms with Crippen molar-refractivity contribution in [3.05, 3.63) is 35.4 Å². The number of carbonyl (C=O) groups is 1. The molecule has 1 N–H and O–H groups in total. The topological polar surface area (TPSA) is 32.3 Å². The number of rotatable bonds is 2. The van der Waals surface area contributed by atoms with E-state index < -0.39 is 0 Å². The Kier molecular flexibility index (Phi) is 3.08. The van der Waals surface area contributed by atoms with E-state index in [-0.39, 0.29) is 5.91 Å². The zero-order valence-corrected chi connectivity index (χ0v) is 10.9. The van der Waals surface area contributed by atoms with Crippen LogP contribution in [-0.4, -0.2) is 36.5 Å². The Hall–Kier alpha value is -1.35. The maximum absolute atomic E-state index is 12.3. The third-order valence-corrected chi connectivity index (χ3v) is 4.36. The van der Waals surface area contributed by atoms with Gasteiger partial charge in [-0.1, -0.05) is 18.2 Å². The number of nitrogens with zero attached hydrogens (tertiary/aromatic N) is 1. The molecule has 0 spiro atoms. The Morgan fingerprint density at radius 3 is 2.61 bits per heavy atom. The maximum atomic E-state index is 12.3. The van der Waals surface area contributed by atoms with Gasteiger partial charge < -0.3 is 10.2 Å². The number of hydrogen-bond acceptors (Lipinski definition) is 2. The van der Waals surface area contributed by atoms with Crippen LogP contribution in [0.1, 0.15) is 28.8 Å². The summed E-state index contributed by atoms with van der Waals surface area (Å²) in [5.74, 6) is 0.773. The molecule has 0 aromatic heterocycles. The molecular formula is C15H20N2O. The Morgan fingerprint density at radius 2 is 2.00 bits per heavy atom. The molecular weight excluding hydrogens is 224 g/mol. The molecule has 3 heteroatoms. The number of amides is 1. The summed E-state index contributed by atoms with van der Waals surface area (Å²) in [6.07, 6.45) is 2.47. The maximum Gasteiger partial charge on any atom is 0.251 e. The predicted octanol–water partition coefficient (Wildman–Crippen LogP) is 1.82. The summed E-state index contributed by atoms with van der Waals surface area (Å²) in [5.41, 5.74) is 1.87. The van der Waals surface area contributed by atoms with E-state index in [1.807, 2.05) is 31.2 Å². The van der Waals surface area contributed by atoms with Crippen LogP contribution in [0.5, 0.6) is 0 Å². The fourth-order valence-corrected chi connectivity index (χ4v) is 3.20. The molecule has 0 aliphatic carbocycles. The molecule has 1 aromatic carbocycles. The summed E-state index contributed by atoms with van der Waals surface area (Å²) in [6.45, 7) is 5.44. The molecule has 4 rings (SSSR count). The first kappa shape index (κ1) is 11.7. The third kappa shape index (κ3) is 2.15. The molecule has 3 aliphatic heterocycles. The van der Waals surface area contributed by atoms with Crippen molar-refractivity contribution in [1.82, 2.24) is 10.2 Å². The van der Waals surface area contributed by atoms with E-state index in [0.717, 1.165) is 17.7 Å². The van der Waals surface area contributed by atoms with Crippen LogP contribution in [0.2, 0.25) is 0 Å². The van der Waals surface area contributed by atoms with E-state index in [0.29, 0.717) is 12.0 Å². The summed E-state index contributed by atoms with van der Waals surface area (Å²) >= 11 is 0. The van der Waals surface area contributed by atoms with Gasteiger partial charge in [0.05, 0.1) is 0 Å². The lowest BCUT2D eigenvalue weighted by atomic mass is 9.84. The van der Waals surface area contributed by atoms with Crippen molar-refractivity contribution in [2.45, 2.75) is 25.8 Å². The molecule has 96 valence electrons. The normalized spacial score (nSPS) is 30.2. The van der Waals surface area contributed by atoms with Crippen LogP contribution in [0.25, 0.3) is 0 Å². The van der Waals surface area contributed by atoms with Gasteiger partial charge in [0.15, 0.2) is 0 Å². The van der Waals surface area contributed by atoms with Crippen molar-refractivity contribution in [3.8, 4) is 0 Å². The first-order chi connectivity index (χ1) is 8.74. The molecule has 0 saturated carbocycles. The van der Waals surface area contributed by atoms with Crippen LogP contribution in [0.3, 0.4) is 0 Å². The van der Waals surface area contributed by atoms with Crippen molar-refractivity contribution >= 4 is 5.91 Å². The zero-order chi connectivity index (χ0) is 12.5. The standard InChI is InChI=1S/C15H20N2O/c1-11-4-2-3-5-13(11)15(18)16-14-10-17-8-6-12(14)7-9-17/h2-5,12,14H,6-10H2,1H3,(H,16,18)/t14-/m0/s1. The summed E-state index contributed by atoms with van der Waals surface area (Å²) in [6, 6.07) is 8.15. The van der Waals surface area contributed by atoms with Gasteiger partial charge in [0.1, 0.15) is 0 Å². The zero-order valence-electron chi connectivity index (χ0n) is 10.9. The van der Waals surface area contributed by atoms with Gasteiger partial charge in [-0.2, -0.15) is 0 Å². The molecule has 18 heavy (non-hydrogen) atoms. The molecule has 2 bridgehead atoms. The second-order valence-electron chi connectivity index (χ2n) is 5.53. The summed E-state index contributed by atoms with van der Waals surface area (Å²) < 4.78 is 0. The molecule has 1 aromatic rings. The molecule has 3 heterocycles. The highest BCUT2D eigenvalue weighted by Crippen LogP contribution is 2.27. The highest BCUT2D eigenvalue weighted by Gasteiger charge is 2.34. The lowest BCUT2D eigenvalue weighted by molar-refractivity contribution is 0.0620. The fraction of sp³-hybridized carbons (Fsp3) is 0.533. The first-order valence-corrected chi connectivity index (χ1v) is 6.83. The molecule has 3 fully saturated rings. The van der Waals surface area contributed by atoms with Gasteiger partial charge in [0.25, 0.3) is 5.91 Å². The summed E-state index contributed by atoms with van der Waals surface area (Å²) in [5, 5.41) is 3.23. The number of aryl methyl sites for hydroxylation is 1. The van der Waals surface area contributed by atoms with Crippen molar-refractivity contribution in [3.63, 3.8) is 0 Å². The minimum Gasteiger partial charge on any atom is -0.348 e. The van der Waals surface area contributed by atoms with E-state index in [4.69, 9.17) is 0 Å². The van der Waals surface area contributed by atoms with Gasteiger partial charge in [-0.15, -0.1) is 0 Å². The van der Waals surface area contributed by atoms with Gasteiger partial charge in [0.2, 0.25) is 0 Å². The van der Waals surface area contributed by atoms with Crippen LogP contribution in [0, 0.1) is 12.8 Å². The van der Waals surface area contributed by atoms with Gasteiger partial charge in [0, 0.05) is 18.2 Å². The predicted molar refractivity (Wildman–Crippen MR) is 71.6 cm³/mol. The molecule has 3 aliphatic rings. The number of nitrogens with one attached hydrogen (secondary N) is 1. The second-order valence-corrected chi connectivity index (χ2v) is 5.53. The molecule has 1 atom stereocenters. The van der Waals surface area contributed by atoms with Crippen LogP contribution in [-0.2, 0) is 0 Å². The van der Waals surface area contributed by atoms with E-state index in [9.17, 15) is 4.79 Å². The van der Waals surface area contributed by atoms with Crippen LogP contribution >= 0.6 is 0 Å². The fourth-order valence-electron chi connectivity index (χ4n) is 3.20. The van der Waals surface area contributed by atoms with Gasteiger partial charge >= 0.3 is 0 Å². The third-order valence-electron chi connectivity index (χ3n) is 4.36. The highest BCUT2D eigenvalue weighted by molar-refractivity contribution is 5.95. The van der Waals surface area contributed by atoms with Gasteiger partial charge in [-0.25, -0.2) is 0 Å². The monoisotopic (exact) mass is 244 g/mol. The minimum atomic E-state index is 0.0897. The van der Waals surface area contributed by atoms with Crippen LogP contribution in [0.4, 0.5) is 0 Å². The number of fused-ring (bicyclic) bond motifs is 3. The highest BCUT2D eigenvalue weighted by atomic mass is 16.1. The average molecular weight is 244 g/mol. The van der Waals surface area contributed by atoms with Crippen LogP contribution < -0.4 is 5.32 Å². The second kappa shape index (κ2) is 4.73. The van der Waals surface area contributed by atoms with Crippen LogP contribution in [0.15, 0.2) is 24.3 Å². The Balaban J connectivity index is 1.70. The average Bonchev–Trinajstić information content (AvgIpc) is 2.40. The largest absolute Gasteiger partial charge is 0.348 e. The van der Waals surface area contributed by atoms with Gasteiger partial charge in [-0.05, 0) is 50.4 Å². The molecule has 0 unspecified atom stereocenters. The van der Waals surface area contributed by atoms with Crippen molar-refractivity contribution in [2.24, 2.45) is 5.92 Å². The van der Waals surface area contributed by atoms with E-state index in [1.54, 1.807) is 0 Å². The SMILES string of the molecule is Cc1ccccc1C(=O)N[C@H]1CN2CCC1CC2. The number of benzene rings is 1. The summed E-state index contributed by atoms with van der Waals surface area (Å²) in [4.78, 5) is 14.7. The lowest BCUT2D eigenvalue weighted by Gasteiger charge is -2.44. The molecule has 1 amide bonds. The van der Waals surface area contributed by atoms with E-state index in [2.05, 4.69) is 10.2 Å². The Bertz CT molecular complexity index is 450. The Labute approximate surface area is 108 Å². The first-order valence-electron chi connectivity index (χ1n) is 6.83. The molecule has 3 nitrogen and oxygen atoms in total. The molecule has 3 saturated heterocycles. The van der Waals surface area contributed by atoms with Crippen molar-refractivity contribution in [2.75, 3.05) is 19.6 Å². The smallest absolute Gasteiger partial charge is 0.251 e. The number of hydrogen-bond donors (Lipinski definition) is 1. The number of carbonyl (C=O) groups excluding carboxylic acids is 1. The van der Waals surface area contributed by atoms with Crippen molar-refractivity contribution in [1.29, 1.82) is 0 Å². The van der Waals surface area contributed by atoms with Crippen molar-refractivity contribution < 1.29 is 4.79 Å². The number of piperidine rings is 3. The molecule has 0 radical (unpaired) electrons. The Morgan fingerprint density at radius 1 is 1.28 bits per heavy atom. The summed E-state index contributed by atoms with van der Waals surface area (Å²) in [7, 11) is 0. The lowest BCUT2D eigenvalue weighted by Crippen LogP contribution is -2.57. The quantitative estimate of drug-likeness (QED) is 0.860. The van der Waals surface area contributed by atoms with E-state index >= 15 is 0 Å². The minimum absolute atomic E-state index is 0.0897. The van der Waals surface area contributed by atoms with E-state index in [1.165, 1.54) is 25.9 Å².